The van der Waals surface area contributed by atoms with E-state index in [1.54, 1.807) is 0 Å². The minimum atomic E-state index is 0. The number of hydrogen-bond acceptors (Lipinski definition) is 2. The maximum Gasteiger partial charge on any atom is 0.0352 e. The Morgan fingerprint density at radius 3 is 2.62 bits per heavy atom. The third-order valence-corrected chi connectivity index (χ3v) is 3.44. The Bertz CT molecular complexity index is 318. The average Bonchev–Trinajstić information content (AvgIpc) is 2.58. The highest BCUT2D eigenvalue weighted by atomic mass is 35.5. The summed E-state index contributed by atoms with van der Waals surface area (Å²) in [6, 6.07) is 12.4. The van der Waals surface area contributed by atoms with Crippen molar-refractivity contribution in [2.75, 3.05) is 13.1 Å². The van der Waals surface area contributed by atoms with E-state index in [1.165, 1.54) is 25.1 Å². The fourth-order valence-corrected chi connectivity index (χ4v) is 2.63. The van der Waals surface area contributed by atoms with Gasteiger partial charge in [0.2, 0.25) is 0 Å². The fourth-order valence-electron chi connectivity index (χ4n) is 2.63. The van der Waals surface area contributed by atoms with E-state index in [0.29, 0.717) is 0 Å². The number of hydrogen-bond donors (Lipinski definition) is 1. The van der Waals surface area contributed by atoms with Gasteiger partial charge in [-0.15, -0.1) is 24.8 Å². The Kier molecular flexibility index (Phi) is 5.06. The van der Waals surface area contributed by atoms with Crippen molar-refractivity contribution in [1.82, 2.24) is 10.2 Å². The number of likely N-dealkylation sites (tertiary alicyclic amines) is 1. The van der Waals surface area contributed by atoms with Crippen LogP contribution in [-0.4, -0.2) is 30.1 Å². The third-order valence-electron chi connectivity index (χ3n) is 3.44. The van der Waals surface area contributed by atoms with Crippen molar-refractivity contribution in [1.29, 1.82) is 0 Å². The molecule has 90 valence electrons. The van der Waals surface area contributed by atoms with Crippen LogP contribution in [0.1, 0.15) is 12.0 Å². The topological polar surface area (TPSA) is 15.3 Å². The van der Waals surface area contributed by atoms with Gasteiger partial charge in [0.1, 0.15) is 0 Å². The van der Waals surface area contributed by atoms with Crippen molar-refractivity contribution in [3.8, 4) is 0 Å². The highest BCUT2D eigenvalue weighted by molar-refractivity contribution is 5.85. The van der Waals surface area contributed by atoms with E-state index in [0.717, 1.165) is 18.6 Å². The predicted molar refractivity (Wildman–Crippen MR) is 71.5 cm³/mol. The summed E-state index contributed by atoms with van der Waals surface area (Å²) >= 11 is 0. The lowest BCUT2D eigenvalue weighted by atomic mass is 9.97. The Morgan fingerprint density at radius 1 is 1.19 bits per heavy atom. The molecule has 2 aliphatic rings. The van der Waals surface area contributed by atoms with Crippen LogP contribution in [0.25, 0.3) is 0 Å². The number of nitrogens with one attached hydrogen (secondary N) is 1. The quantitative estimate of drug-likeness (QED) is 0.876. The van der Waals surface area contributed by atoms with Gasteiger partial charge in [-0.3, -0.25) is 4.90 Å². The molecule has 0 radical (unpaired) electrons. The highest BCUT2D eigenvalue weighted by Gasteiger charge is 2.41. The standard InChI is InChI=1S/C12H16N2.2ClH/c1-2-4-10(5-3-1)8-14-9-11-12(14)6-7-13-11;;/h1-5,11-13H,6-9H2;2*1H/t11-,12-;;/m1../s1. The predicted octanol–water partition coefficient (Wildman–Crippen LogP) is 2.08. The van der Waals surface area contributed by atoms with E-state index >= 15 is 0 Å². The van der Waals surface area contributed by atoms with E-state index in [1.807, 2.05) is 0 Å². The molecule has 4 heteroatoms. The SMILES string of the molecule is Cl.Cl.c1ccc(CN2C[C@H]3NCC[C@H]32)cc1. The van der Waals surface area contributed by atoms with Gasteiger partial charge in [0.05, 0.1) is 0 Å². The molecule has 2 aliphatic heterocycles. The lowest BCUT2D eigenvalue weighted by Crippen LogP contribution is -2.60. The van der Waals surface area contributed by atoms with E-state index in [-0.39, 0.29) is 24.8 Å². The number of fused-ring (bicyclic) bond motifs is 1. The molecular formula is C12H18Cl2N2. The van der Waals surface area contributed by atoms with E-state index in [4.69, 9.17) is 0 Å². The summed E-state index contributed by atoms with van der Waals surface area (Å²) in [5.41, 5.74) is 1.44. The van der Waals surface area contributed by atoms with Crippen LogP contribution in [0.15, 0.2) is 30.3 Å². The average molecular weight is 261 g/mol. The zero-order chi connectivity index (χ0) is 9.38. The number of halogens is 2. The van der Waals surface area contributed by atoms with Gasteiger partial charge in [0, 0.05) is 25.2 Å². The van der Waals surface area contributed by atoms with Gasteiger partial charge >= 0.3 is 0 Å². The molecule has 0 bridgehead atoms. The third kappa shape index (κ3) is 2.51. The second kappa shape index (κ2) is 5.87. The summed E-state index contributed by atoms with van der Waals surface area (Å²) in [5, 5.41) is 3.53. The molecule has 0 saturated carbocycles. The first-order valence-electron chi connectivity index (χ1n) is 5.45. The van der Waals surface area contributed by atoms with E-state index in [2.05, 4.69) is 40.5 Å². The smallest absolute Gasteiger partial charge is 0.0352 e. The Morgan fingerprint density at radius 2 is 1.94 bits per heavy atom. The van der Waals surface area contributed by atoms with Crippen LogP contribution in [0, 0.1) is 0 Å². The molecule has 0 unspecified atom stereocenters. The normalized spacial score (nSPS) is 27.2. The summed E-state index contributed by atoms with van der Waals surface area (Å²) in [4.78, 5) is 2.58. The first kappa shape index (κ1) is 13.8. The highest BCUT2D eigenvalue weighted by Crippen LogP contribution is 2.27. The minimum absolute atomic E-state index is 0. The molecule has 1 aromatic carbocycles. The summed E-state index contributed by atoms with van der Waals surface area (Å²) < 4.78 is 0. The molecule has 16 heavy (non-hydrogen) atoms. The van der Waals surface area contributed by atoms with Gasteiger partial charge in [-0.25, -0.2) is 0 Å². The molecule has 1 aromatic rings. The number of benzene rings is 1. The zero-order valence-corrected chi connectivity index (χ0v) is 10.8. The molecular weight excluding hydrogens is 243 g/mol. The summed E-state index contributed by atoms with van der Waals surface area (Å²) in [6.07, 6.45) is 1.33. The first-order valence-corrected chi connectivity index (χ1v) is 5.45. The van der Waals surface area contributed by atoms with Crippen LogP contribution < -0.4 is 5.32 Å². The minimum Gasteiger partial charge on any atom is -0.311 e. The largest absolute Gasteiger partial charge is 0.311 e. The Hall–Kier alpha value is -0.280. The zero-order valence-electron chi connectivity index (χ0n) is 9.13. The Labute approximate surface area is 109 Å². The molecule has 2 heterocycles. The van der Waals surface area contributed by atoms with E-state index in [9.17, 15) is 0 Å². The van der Waals surface area contributed by atoms with Gasteiger partial charge in [0.15, 0.2) is 0 Å². The van der Waals surface area contributed by atoms with Crippen molar-refractivity contribution in [3.05, 3.63) is 35.9 Å². The molecule has 2 nitrogen and oxygen atoms in total. The van der Waals surface area contributed by atoms with Gasteiger partial charge in [-0.2, -0.15) is 0 Å². The Balaban J connectivity index is 0.000000640. The maximum absolute atomic E-state index is 3.53. The molecule has 2 saturated heterocycles. The first-order chi connectivity index (χ1) is 6.93. The van der Waals surface area contributed by atoms with Crippen molar-refractivity contribution >= 4 is 24.8 Å². The lowest BCUT2D eigenvalue weighted by molar-refractivity contribution is 0.0653. The molecule has 0 spiro atoms. The molecule has 2 fully saturated rings. The number of nitrogens with zero attached hydrogens (tertiary/aromatic N) is 1. The molecule has 2 atom stereocenters. The second-order valence-electron chi connectivity index (χ2n) is 4.33. The maximum atomic E-state index is 3.53. The molecule has 0 aromatic heterocycles. The van der Waals surface area contributed by atoms with Gasteiger partial charge in [-0.1, -0.05) is 30.3 Å². The monoisotopic (exact) mass is 260 g/mol. The van der Waals surface area contributed by atoms with Crippen molar-refractivity contribution in [2.24, 2.45) is 0 Å². The van der Waals surface area contributed by atoms with Gasteiger partial charge < -0.3 is 5.32 Å². The van der Waals surface area contributed by atoms with Crippen molar-refractivity contribution in [3.63, 3.8) is 0 Å². The summed E-state index contributed by atoms with van der Waals surface area (Å²) in [5.74, 6) is 0. The van der Waals surface area contributed by atoms with Crippen LogP contribution in [0.5, 0.6) is 0 Å². The van der Waals surface area contributed by atoms with Crippen LogP contribution in [0.3, 0.4) is 0 Å². The van der Waals surface area contributed by atoms with Crippen molar-refractivity contribution < 1.29 is 0 Å². The van der Waals surface area contributed by atoms with Crippen LogP contribution >= 0.6 is 24.8 Å². The molecule has 1 N–H and O–H groups in total. The summed E-state index contributed by atoms with van der Waals surface area (Å²) in [7, 11) is 0. The van der Waals surface area contributed by atoms with Crippen LogP contribution in [0.4, 0.5) is 0 Å². The molecule has 0 aliphatic carbocycles. The van der Waals surface area contributed by atoms with Crippen LogP contribution in [-0.2, 0) is 6.54 Å². The molecule has 0 amide bonds. The van der Waals surface area contributed by atoms with Gasteiger partial charge in [-0.05, 0) is 18.5 Å². The van der Waals surface area contributed by atoms with E-state index < -0.39 is 0 Å². The second-order valence-corrected chi connectivity index (χ2v) is 4.33. The number of rotatable bonds is 2. The van der Waals surface area contributed by atoms with Gasteiger partial charge in [0.25, 0.3) is 0 Å². The van der Waals surface area contributed by atoms with Crippen LogP contribution in [0.2, 0.25) is 0 Å². The van der Waals surface area contributed by atoms with Crippen molar-refractivity contribution in [2.45, 2.75) is 25.0 Å². The fraction of sp³-hybridized carbons (Fsp3) is 0.500. The summed E-state index contributed by atoms with van der Waals surface area (Å²) in [6.45, 7) is 3.57. The lowest BCUT2D eigenvalue weighted by Gasteiger charge is -2.44. The molecule has 3 rings (SSSR count).